The first-order chi connectivity index (χ1) is 11.7. The molecule has 3 aromatic rings. The Morgan fingerprint density at radius 2 is 2.21 bits per heavy atom. The minimum absolute atomic E-state index is 0.154. The first kappa shape index (κ1) is 15.4. The van der Waals surface area contributed by atoms with Crippen molar-refractivity contribution in [3.63, 3.8) is 0 Å². The van der Waals surface area contributed by atoms with E-state index >= 15 is 0 Å². The molecule has 1 aliphatic heterocycles. The maximum absolute atomic E-state index is 13.0. The van der Waals surface area contributed by atoms with Crippen LogP contribution < -0.4 is 0 Å². The normalized spacial score (nSPS) is 18.2. The van der Waals surface area contributed by atoms with Gasteiger partial charge < -0.3 is 9.47 Å². The van der Waals surface area contributed by atoms with Gasteiger partial charge in [0.2, 0.25) is 5.91 Å². The Hall–Kier alpha value is -2.14. The molecule has 2 aromatic heterocycles. The van der Waals surface area contributed by atoms with Crippen LogP contribution in [0.1, 0.15) is 35.9 Å². The second-order valence-corrected chi connectivity index (χ2v) is 7.35. The highest BCUT2D eigenvalue weighted by Gasteiger charge is 2.29. The third-order valence-corrected chi connectivity index (χ3v) is 5.76. The Labute approximate surface area is 145 Å². The molecule has 124 valence electrons. The molecule has 1 amide bonds. The number of thiazole rings is 1. The molecule has 0 radical (unpaired) electrons. The van der Waals surface area contributed by atoms with Crippen LogP contribution in [-0.4, -0.2) is 26.9 Å². The van der Waals surface area contributed by atoms with Crippen LogP contribution in [0.15, 0.2) is 42.0 Å². The topological polar surface area (TPSA) is 38.1 Å². The van der Waals surface area contributed by atoms with Crippen LogP contribution in [0.25, 0.3) is 10.9 Å². The SMILES string of the molecule is Cn1cc(CC(=O)N2CCCC[C@H]2c2nccs2)c2ccccc21. The number of carbonyl (C=O) groups excluding carboxylic acids is 1. The van der Waals surface area contributed by atoms with E-state index in [1.54, 1.807) is 11.3 Å². The molecule has 1 aliphatic rings. The van der Waals surface area contributed by atoms with E-state index in [1.807, 2.05) is 35.7 Å². The second-order valence-electron chi connectivity index (χ2n) is 6.43. The van der Waals surface area contributed by atoms with Crippen molar-refractivity contribution in [3.05, 3.63) is 52.6 Å². The van der Waals surface area contributed by atoms with Crippen LogP contribution in [0, 0.1) is 0 Å². The minimum atomic E-state index is 0.154. The number of para-hydroxylation sites is 1. The van der Waals surface area contributed by atoms with Crippen molar-refractivity contribution in [1.29, 1.82) is 0 Å². The molecule has 0 unspecified atom stereocenters. The molecule has 1 atom stereocenters. The average molecular weight is 339 g/mol. The number of aryl methyl sites for hydroxylation is 1. The van der Waals surface area contributed by atoms with Crippen molar-refractivity contribution in [2.75, 3.05) is 6.54 Å². The van der Waals surface area contributed by atoms with Gasteiger partial charge in [-0.15, -0.1) is 11.3 Å². The van der Waals surface area contributed by atoms with Crippen molar-refractivity contribution >= 4 is 28.1 Å². The van der Waals surface area contributed by atoms with E-state index < -0.39 is 0 Å². The minimum Gasteiger partial charge on any atom is -0.350 e. The summed E-state index contributed by atoms with van der Waals surface area (Å²) >= 11 is 1.65. The molecule has 0 aliphatic carbocycles. The fourth-order valence-corrected chi connectivity index (χ4v) is 4.50. The number of hydrogen-bond acceptors (Lipinski definition) is 3. The smallest absolute Gasteiger partial charge is 0.227 e. The zero-order chi connectivity index (χ0) is 16.5. The Morgan fingerprint density at radius 3 is 3.04 bits per heavy atom. The van der Waals surface area contributed by atoms with Crippen LogP contribution in [0.2, 0.25) is 0 Å². The first-order valence-corrected chi connectivity index (χ1v) is 9.34. The molecule has 0 N–H and O–H groups in total. The summed E-state index contributed by atoms with van der Waals surface area (Å²) in [7, 11) is 2.04. The number of likely N-dealkylation sites (tertiary alicyclic amines) is 1. The lowest BCUT2D eigenvalue weighted by Crippen LogP contribution is -2.39. The highest BCUT2D eigenvalue weighted by atomic mass is 32.1. The van der Waals surface area contributed by atoms with E-state index in [0.29, 0.717) is 6.42 Å². The lowest BCUT2D eigenvalue weighted by molar-refractivity contribution is -0.134. The van der Waals surface area contributed by atoms with E-state index in [2.05, 4.69) is 27.9 Å². The molecular weight excluding hydrogens is 318 g/mol. The van der Waals surface area contributed by atoms with Gasteiger partial charge in [-0.05, 0) is 30.9 Å². The highest BCUT2D eigenvalue weighted by Crippen LogP contribution is 2.33. The summed E-state index contributed by atoms with van der Waals surface area (Å²) in [5, 5.41) is 4.24. The lowest BCUT2D eigenvalue weighted by Gasteiger charge is -2.34. The Morgan fingerprint density at radius 1 is 1.33 bits per heavy atom. The number of benzene rings is 1. The van der Waals surface area contributed by atoms with Crippen LogP contribution in [0.3, 0.4) is 0 Å². The number of aromatic nitrogens is 2. The largest absolute Gasteiger partial charge is 0.350 e. The fraction of sp³-hybridized carbons (Fsp3) is 0.368. The molecule has 0 spiro atoms. The van der Waals surface area contributed by atoms with Crippen LogP contribution in [0.4, 0.5) is 0 Å². The summed E-state index contributed by atoms with van der Waals surface area (Å²) in [5.41, 5.74) is 2.29. The highest BCUT2D eigenvalue weighted by molar-refractivity contribution is 7.09. The van der Waals surface area contributed by atoms with Gasteiger partial charge in [-0.3, -0.25) is 4.79 Å². The molecule has 3 heterocycles. The number of nitrogens with zero attached hydrogens (tertiary/aromatic N) is 3. The van der Waals surface area contributed by atoms with Gasteiger partial charge in [0.1, 0.15) is 5.01 Å². The molecule has 1 aromatic carbocycles. The number of fused-ring (bicyclic) bond motifs is 1. The van der Waals surface area contributed by atoms with Crippen molar-refractivity contribution < 1.29 is 4.79 Å². The summed E-state index contributed by atoms with van der Waals surface area (Å²) < 4.78 is 2.10. The van der Waals surface area contributed by atoms with E-state index in [9.17, 15) is 4.79 Å². The molecule has 1 saturated heterocycles. The molecule has 4 rings (SSSR count). The number of carbonyl (C=O) groups is 1. The monoisotopic (exact) mass is 339 g/mol. The maximum Gasteiger partial charge on any atom is 0.227 e. The van der Waals surface area contributed by atoms with Gasteiger partial charge in [-0.2, -0.15) is 0 Å². The quantitative estimate of drug-likeness (QED) is 0.725. The summed E-state index contributed by atoms with van der Waals surface area (Å²) in [6.45, 7) is 0.841. The molecule has 5 heteroatoms. The van der Waals surface area contributed by atoms with Gasteiger partial charge in [0.25, 0.3) is 0 Å². The van der Waals surface area contributed by atoms with Gasteiger partial charge in [0.15, 0.2) is 0 Å². The maximum atomic E-state index is 13.0. The van der Waals surface area contributed by atoms with E-state index in [4.69, 9.17) is 0 Å². The molecular formula is C19H21N3OS. The summed E-state index contributed by atoms with van der Waals surface area (Å²) in [4.78, 5) is 19.5. The number of piperidine rings is 1. The van der Waals surface area contributed by atoms with Crippen molar-refractivity contribution in [3.8, 4) is 0 Å². The Bertz CT molecular complexity index is 853. The van der Waals surface area contributed by atoms with Gasteiger partial charge in [0, 0.05) is 42.3 Å². The van der Waals surface area contributed by atoms with E-state index in [-0.39, 0.29) is 11.9 Å². The standard InChI is InChI=1S/C19H21N3OS/c1-21-13-14(15-6-2-3-7-16(15)21)12-18(23)22-10-5-4-8-17(22)19-20-9-11-24-19/h2-3,6-7,9,11,13,17H,4-5,8,10,12H2,1H3/t17-/m0/s1. The summed E-state index contributed by atoms with van der Waals surface area (Å²) in [5.74, 6) is 0.214. The molecule has 0 bridgehead atoms. The zero-order valence-corrected chi connectivity index (χ0v) is 14.6. The fourth-order valence-electron chi connectivity index (χ4n) is 3.72. The van der Waals surface area contributed by atoms with Crippen molar-refractivity contribution in [2.45, 2.75) is 31.7 Å². The summed E-state index contributed by atoms with van der Waals surface area (Å²) in [6.07, 6.45) is 7.66. The predicted molar refractivity (Wildman–Crippen MR) is 97.0 cm³/mol. The zero-order valence-electron chi connectivity index (χ0n) is 13.8. The van der Waals surface area contributed by atoms with Gasteiger partial charge >= 0.3 is 0 Å². The Balaban J connectivity index is 1.60. The van der Waals surface area contributed by atoms with Crippen molar-refractivity contribution in [2.24, 2.45) is 7.05 Å². The van der Waals surface area contributed by atoms with E-state index in [1.165, 1.54) is 17.3 Å². The average Bonchev–Trinajstić information content (AvgIpc) is 3.24. The molecule has 24 heavy (non-hydrogen) atoms. The van der Waals surface area contributed by atoms with Gasteiger partial charge in [-0.1, -0.05) is 18.2 Å². The first-order valence-electron chi connectivity index (χ1n) is 8.46. The van der Waals surface area contributed by atoms with E-state index in [0.717, 1.165) is 30.0 Å². The van der Waals surface area contributed by atoms with Gasteiger partial charge in [-0.25, -0.2) is 4.98 Å². The second kappa shape index (κ2) is 6.40. The summed E-state index contributed by atoms with van der Waals surface area (Å²) in [6, 6.07) is 8.43. The van der Waals surface area contributed by atoms with Crippen LogP contribution in [0.5, 0.6) is 0 Å². The number of rotatable bonds is 3. The predicted octanol–water partition coefficient (Wildman–Crippen LogP) is 3.93. The van der Waals surface area contributed by atoms with Crippen LogP contribution in [-0.2, 0) is 18.3 Å². The number of amides is 1. The third-order valence-electron chi connectivity index (χ3n) is 4.88. The molecule has 4 nitrogen and oxygen atoms in total. The third kappa shape index (κ3) is 2.73. The Kier molecular flexibility index (Phi) is 4.10. The van der Waals surface area contributed by atoms with Crippen molar-refractivity contribution in [1.82, 2.24) is 14.5 Å². The molecule has 1 fully saturated rings. The lowest BCUT2D eigenvalue weighted by atomic mass is 10.0. The van der Waals surface area contributed by atoms with Crippen LogP contribution >= 0.6 is 11.3 Å². The molecule has 0 saturated carbocycles. The van der Waals surface area contributed by atoms with Gasteiger partial charge in [0.05, 0.1) is 12.5 Å². The number of hydrogen-bond donors (Lipinski definition) is 0.